The molecule has 0 aliphatic heterocycles. The topological polar surface area (TPSA) is 55.8 Å². The number of aliphatic hydroxyl groups excluding tert-OH is 1. The van der Waals surface area contributed by atoms with Crippen molar-refractivity contribution in [3.63, 3.8) is 0 Å². The van der Waals surface area contributed by atoms with E-state index >= 15 is 0 Å². The van der Waals surface area contributed by atoms with Crippen LogP contribution >= 0.6 is 7.60 Å². The van der Waals surface area contributed by atoms with Gasteiger partial charge in [0.15, 0.2) is 0 Å². The lowest BCUT2D eigenvalue weighted by Crippen LogP contribution is -2.08. The highest BCUT2D eigenvalue weighted by Crippen LogP contribution is 2.48. The summed E-state index contributed by atoms with van der Waals surface area (Å²) in [6.07, 6.45) is 4.42. The molecule has 0 spiro atoms. The van der Waals surface area contributed by atoms with Crippen LogP contribution in [0.4, 0.5) is 0 Å². The zero-order valence-electron chi connectivity index (χ0n) is 11.4. The first-order valence-electron chi connectivity index (χ1n) is 6.64. The van der Waals surface area contributed by atoms with Gasteiger partial charge in [-0.3, -0.25) is 4.57 Å². The van der Waals surface area contributed by atoms with E-state index in [-0.39, 0.29) is 6.10 Å². The monoisotopic (exact) mass is 266 g/mol. The van der Waals surface area contributed by atoms with Crippen LogP contribution in [0.1, 0.15) is 52.9 Å². The number of aliphatic hydroxyl groups is 1. The van der Waals surface area contributed by atoms with Gasteiger partial charge in [0, 0.05) is 0 Å². The minimum absolute atomic E-state index is 0.286. The van der Waals surface area contributed by atoms with Crippen LogP contribution in [0, 0.1) is 0 Å². The van der Waals surface area contributed by atoms with E-state index in [0.29, 0.717) is 32.2 Å². The van der Waals surface area contributed by atoms with Crippen molar-refractivity contribution in [1.82, 2.24) is 0 Å². The summed E-state index contributed by atoms with van der Waals surface area (Å²) in [5, 5.41) is 9.67. The molecule has 104 valence electrons. The predicted octanol–water partition coefficient (Wildman–Crippen LogP) is 3.58. The third kappa shape index (κ3) is 8.78. The molecule has 0 bridgehead atoms. The maximum atomic E-state index is 12.1. The maximum absolute atomic E-state index is 12.1. The van der Waals surface area contributed by atoms with E-state index in [1.165, 1.54) is 0 Å². The molecule has 0 fully saturated rings. The van der Waals surface area contributed by atoms with E-state index in [9.17, 15) is 9.67 Å². The summed E-state index contributed by atoms with van der Waals surface area (Å²) in [5.41, 5.74) is 0. The van der Waals surface area contributed by atoms with E-state index < -0.39 is 7.60 Å². The minimum atomic E-state index is -2.91. The molecule has 1 atom stereocenters. The molecular weight excluding hydrogens is 239 g/mol. The first-order chi connectivity index (χ1) is 8.08. The van der Waals surface area contributed by atoms with Gasteiger partial charge >= 0.3 is 7.60 Å². The smallest absolute Gasteiger partial charge is 0.330 e. The fourth-order valence-electron chi connectivity index (χ4n) is 1.66. The molecule has 0 saturated carbocycles. The predicted molar refractivity (Wildman–Crippen MR) is 70.5 cm³/mol. The van der Waals surface area contributed by atoms with Gasteiger partial charge in [-0.15, -0.1) is 0 Å². The van der Waals surface area contributed by atoms with Gasteiger partial charge in [-0.05, 0) is 33.1 Å². The molecule has 0 aliphatic rings. The molecule has 0 heterocycles. The average Bonchev–Trinajstić information content (AvgIpc) is 2.27. The number of hydrogen-bond acceptors (Lipinski definition) is 4. The summed E-state index contributed by atoms with van der Waals surface area (Å²) in [6.45, 7) is 6.51. The second-order valence-corrected chi connectivity index (χ2v) is 6.29. The highest BCUT2D eigenvalue weighted by molar-refractivity contribution is 7.53. The van der Waals surface area contributed by atoms with Crippen LogP contribution in [-0.2, 0) is 13.6 Å². The lowest BCUT2D eigenvalue weighted by Gasteiger charge is -2.17. The highest BCUT2D eigenvalue weighted by Gasteiger charge is 2.23. The van der Waals surface area contributed by atoms with E-state index in [1.54, 1.807) is 0 Å². The standard InChI is InChI=1S/C12H27O4P/c1-4-7-9-12(13)10-8-11-17(14,15-5-2)16-6-3/h12-13H,4-11H2,1-3H3/t12-/m0/s1. The van der Waals surface area contributed by atoms with Crippen molar-refractivity contribution >= 4 is 7.60 Å². The normalized spacial score (nSPS) is 13.9. The Kier molecular flexibility index (Phi) is 10.1. The Hall–Kier alpha value is 0.110. The summed E-state index contributed by atoms with van der Waals surface area (Å²) in [5.74, 6) is 0. The zero-order chi connectivity index (χ0) is 13.1. The average molecular weight is 266 g/mol. The molecule has 0 unspecified atom stereocenters. The van der Waals surface area contributed by atoms with Crippen LogP contribution < -0.4 is 0 Å². The van der Waals surface area contributed by atoms with Crippen molar-refractivity contribution in [2.75, 3.05) is 19.4 Å². The van der Waals surface area contributed by atoms with Gasteiger partial charge in [-0.25, -0.2) is 0 Å². The summed E-state index contributed by atoms with van der Waals surface area (Å²) in [7, 11) is -2.91. The van der Waals surface area contributed by atoms with E-state index in [2.05, 4.69) is 6.92 Å². The van der Waals surface area contributed by atoms with Crippen LogP contribution in [0.3, 0.4) is 0 Å². The molecule has 0 aromatic rings. The molecule has 0 rings (SSSR count). The molecule has 0 aliphatic carbocycles. The molecule has 0 amide bonds. The molecule has 4 nitrogen and oxygen atoms in total. The number of unbranched alkanes of at least 4 members (excludes halogenated alkanes) is 1. The molecule has 1 N–H and O–H groups in total. The molecular formula is C12H27O4P. The van der Waals surface area contributed by atoms with Gasteiger partial charge in [0.05, 0.1) is 25.5 Å². The largest absolute Gasteiger partial charge is 0.393 e. The van der Waals surface area contributed by atoms with E-state index in [1.807, 2.05) is 13.8 Å². The van der Waals surface area contributed by atoms with Gasteiger partial charge in [0.2, 0.25) is 0 Å². The molecule has 0 aromatic heterocycles. The number of hydrogen-bond donors (Lipinski definition) is 1. The van der Waals surface area contributed by atoms with Crippen LogP contribution in [0.5, 0.6) is 0 Å². The summed E-state index contributed by atoms with van der Waals surface area (Å²) in [4.78, 5) is 0. The summed E-state index contributed by atoms with van der Waals surface area (Å²) in [6, 6.07) is 0. The van der Waals surface area contributed by atoms with Gasteiger partial charge in [0.1, 0.15) is 0 Å². The summed E-state index contributed by atoms with van der Waals surface area (Å²) < 4.78 is 22.5. The summed E-state index contributed by atoms with van der Waals surface area (Å²) >= 11 is 0. The van der Waals surface area contributed by atoms with Crippen molar-refractivity contribution in [1.29, 1.82) is 0 Å². The highest BCUT2D eigenvalue weighted by atomic mass is 31.2. The van der Waals surface area contributed by atoms with Crippen LogP contribution in [0.2, 0.25) is 0 Å². The Morgan fingerprint density at radius 3 is 2.06 bits per heavy atom. The Morgan fingerprint density at radius 2 is 1.59 bits per heavy atom. The lowest BCUT2D eigenvalue weighted by atomic mass is 10.1. The Labute approximate surface area is 105 Å². The van der Waals surface area contributed by atoms with Gasteiger partial charge in [0.25, 0.3) is 0 Å². The molecule has 0 aromatic carbocycles. The first-order valence-corrected chi connectivity index (χ1v) is 8.37. The molecule has 0 radical (unpaired) electrons. The van der Waals surface area contributed by atoms with Gasteiger partial charge in [-0.2, -0.15) is 0 Å². The quantitative estimate of drug-likeness (QED) is 0.581. The molecule has 17 heavy (non-hydrogen) atoms. The maximum Gasteiger partial charge on any atom is 0.330 e. The van der Waals surface area contributed by atoms with Gasteiger partial charge < -0.3 is 14.2 Å². The fourth-order valence-corrected chi connectivity index (χ4v) is 3.35. The van der Waals surface area contributed by atoms with Crippen LogP contribution in [-0.4, -0.2) is 30.6 Å². The third-order valence-corrected chi connectivity index (χ3v) is 4.68. The van der Waals surface area contributed by atoms with Crippen molar-refractivity contribution in [2.45, 2.75) is 59.0 Å². The van der Waals surface area contributed by atoms with Crippen molar-refractivity contribution in [2.24, 2.45) is 0 Å². The Balaban J connectivity index is 3.85. The lowest BCUT2D eigenvalue weighted by molar-refractivity contribution is 0.149. The molecule has 0 saturated heterocycles. The van der Waals surface area contributed by atoms with E-state index in [0.717, 1.165) is 19.3 Å². The second-order valence-electron chi connectivity index (χ2n) is 4.11. The second kappa shape index (κ2) is 10.1. The SMILES string of the molecule is CCCC[C@H](O)CCCP(=O)(OCC)OCC. The third-order valence-electron chi connectivity index (χ3n) is 2.51. The first kappa shape index (κ1) is 17.1. The minimum Gasteiger partial charge on any atom is -0.393 e. The van der Waals surface area contributed by atoms with Crippen LogP contribution in [0.25, 0.3) is 0 Å². The van der Waals surface area contributed by atoms with Crippen molar-refractivity contribution in [3.8, 4) is 0 Å². The molecule has 5 heteroatoms. The van der Waals surface area contributed by atoms with Crippen molar-refractivity contribution < 1.29 is 18.7 Å². The fraction of sp³-hybridized carbons (Fsp3) is 1.00. The van der Waals surface area contributed by atoms with Crippen molar-refractivity contribution in [3.05, 3.63) is 0 Å². The van der Waals surface area contributed by atoms with E-state index in [4.69, 9.17) is 9.05 Å². The zero-order valence-corrected chi connectivity index (χ0v) is 12.2. The van der Waals surface area contributed by atoms with Crippen LogP contribution in [0.15, 0.2) is 0 Å². The van der Waals surface area contributed by atoms with Gasteiger partial charge in [-0.1, -0.05) is 19.8 Å². The Bertz CT molecular complexity index is 211. The number of rotatable bonds is 11. The Morgan fingerprint density at radius 1 is 1.06 bits per heavy atom.